The maximum atomic E-state index is 12.3. The third kappa shape index (κ3) is 4.40. The Kier molecular flexibility index (Phi) is 5.70. The van der Waals surface area contributed by atoms with Crippen LogP contribution in [0.5, 0.6) is 0 Å². The number of para-hydroxylation sites is 1. The Labute approximate surface area is 108 Å². The summed E-state index contributed by atoms with van der Waals surface area (Å²) < 4.78 is 24.7. The highest BCUT2D eigenvalue weighted by molar-refractivity contribution is 7.99. The summed E-state index contributed by atoms with van der Waals surface area (Å²) in [4.78, 5) is 0.471. The Morgan fingerprint density at radius 3 is 2.78 bits per heavy atom. The summed E-state index contributed by atoms with van der Waals surface area (Å²) in [5.41, 5.74) is 6.05. The molecule has 100 valence electrons. The molecule has 0 aliphatic rings. The molecule has 0 spiro atoms. The molecule has 0 aliphatic carbocycles. The number of rotatable bonds is 6. The second-order valence-electron chi connectivity index (χ2n) is 3.68. The van der Waals surface area contributed by atoms with E-state index in [0.29, 0.717) is 28.9 Å². The third-order valence-electron chi connectivity index (χ3n) is 2.32. The molecule has 7 heteroatoms. The minimum atomic E-state index is -2.46. The minimum Gasteiger partial charge on any atom is -0.409 e. The average molecular weight is 275 g/mol. The summed E-state index contributed by atoms with van der Waals surface area (Å²) in [6.45, 7) is 2.17. The van der Waals surface area contributed by atoms with Crippen molar-refractivity contribution in [3.8, 4) is 0 Å². The van der Waals surface area contributed by atoms with Crippen molar-refractivity contribution in [2.45, 2.75) is 17.6 Å². The number of alkyl halides is 2. The Bertz CT molecular complexity index is 415. The van der Waals surface area contributed by atoms with E-state index in [1.54, 1.807) is 31.2 Å². The summed E-state index contributed by atoms with van der Waals surface area (Å²) in [6.07, 6.45) is 0. The van der Waals surface area contributed by atoms with E-state index >= 15 is 0 Å². The average Bonchev–Trinajstić information content (AvgIpc) is 2.35. The van der Waals surface area contributed by atoms with Crippen molar-refractivity contribution in [2.24, 2.45) is 16.8 Å². The maximum Gasteiger partial charge on any atom is 0.288 e. The van der Waals surface area contributed by atoms with Gasteiger partial charge in [-0.15, -0.1) is 0 Å². The second-order valence-corrected chi connectivity index (χ2v) is 4.71. The molecular formula is C11H15F2N3OS. The van der Waals surface area contributed by atoms with Crippen LogP contribution in [0.15, 0.2) is 34.3 Å². The number of nitrogens with two attached hydrogens (primary N) is 1. The fraction of sp³-hybridized carbons (Fsp3) is 0.364. The predicted octanol–water partition coefficient (Wildman–Crippen LogP) is 2.80. The van der Waals surface area contributed by atoms with Gasteiger partial charge in [-0.3, -0.25) is 0 Å². The molecule has 0 radical (unpaired) electrons. The fourth-order valence-corrected chi connectivity index (χ4v) is 1.89. The molecule has 0 fully saturated rings. The highest BCUT2D eigenvalue weighted by Gasteiger charge is 2.11. The lowest BCUT2D eigenvalue weighted by Gasteiger charge is -2.14. The van der Waals surface area contributed by atoms with Gasteiger partial charge >= 0.3 is 0 Å². The van der Waals surface area contributed by atoms with Gasteiger partial charge in [-0.05, 0) is 12.1 Å². The molecule has 18 heavy (non-hydrogen) atoms. The minimum absolute atomic E-state index is 0.0986. The fourth-order valence-electron chi connectivity index (χ4n) is 1.28. The molecule has 0 aromatic heterocycles. The molecule has 0 heterocycles. The summed E-state index contributed by atoms with van der Waals surface area (Å²) in [5, 5.41) is 14.4. The first kappa shape index (κ1) is 14.6. The standard InChI is InChI=1S/C11H15F2N3OS/c1-7(10(14)16-17)6-15-8-4-2-3-5-9(8)18-11(12)13/h2-5,7,11,15,17H,6H2,1H3,(H2,14,16). The van der Waals surface area contributed by atoms with E-state index in [4.69, 9.17) is 10.9 Å². The third-order valence-corrected chi connectivity index (χ3v) is 3.11. The van der Waals surface area contributed by atoms with Crippen LogP contribution in [0.4, 0.5) is 14.5 Å². The Hall–Kier alpha value is -1.50. The van der Waals surface area contributed by atoms with Gasteiger partial charge in [0, 0.05) is 23.0 Å². The van der Waals surface area contributed by atoms with E-state index in [2.05, 4.69) is 10.5 Å². The SMILES string of the molecule is CC(CNc1ccccc1SC(F)F)C(N)=NO. The number of oxime groups is 1. The first-order chi connectivity index (χ1) is 8.54. The molecule has 4 nitrogen and oxygen atoms in total. The number of amidine groups is 1. The van der Waals surface area contributed by atoms with Crippen molar-refractivity contribution < 1.29 is 14.0 Å². The monoisotopic (exact) mass is 275 g/mol. The van der Waals surface area contributed by atoms with Crippen LogP contribution in [0.3, 0.4) is 0 Å². The molecule has 0 aliphatic heterocycles. The molecule has 4 N–H and O–H groups in total. The van der Waals surface area contributed by atoms with Gasteiger partial charge in [0.25, 0.3) is 5.76 Å². The zero-order valence-corrected chi connectivity index (χ0v) is 10.6. The molecule has 1 atom stereocenters. The van der Waals surface area contributed by atoms with Crippen molar-refractivity contribution >= 4 is 23.3 Å². The van der Waals surface area contributed by atoms with Gasteiger partial charge in [0.1, 0.15) is 5.84 Å². The second kappa shape index (κ2) is 7.05. The van der Waals surface area contributed by atoms with Gasteiger partial charge < -0.3 is 16.3 Å². The predicted molar refractivity (Wildman–Crippen MR) is 69.4 cm³/mol. The van der Waals surface area contributed by atoms with E-state index in [1.165, 1.54) is 0 Å². The highest BCUT2D eigenvalue weighted by atomic mass is 32.2. The first-order valence-corrected chi connectivity index (χ1v) is 6.17. The Morgan fingerprint density at radius 1 is 1.50 bits per heavy atom. The first-order valence-electron chi connectivity index (χ1n) is 5.29. The molecule has 1 aromatic rings. The lowest BCUT2D eigenvalue weighted by molar-refractivity contribution is 0.252. The zero-order chi connectivity index (χ0) is 13.5. The van der Waals surface area contributed by atoms with Gasteiger partial charge in [-0.2, -0.15) is 8.78 Å². The number of nitrogens with zero attached hydrogens (tertiary/aromatic N) is 1. The molecule has 1 rings (SSSR count). The van der Waals surface area contributed by atoms with E-state index in [1.807, 2.05) is 0 Å². The van der Waals surface area contributed by atoms with Crippen LogP contribution in [0.1, 0.15) is 6.92 Å². The number of thioether (sulfide) groups is 1. The van der Waals surface area contributed by atoms with Crippen LogP contribution in [-0.2, 0) is 0 Å². The van der Waals surface area contributed by atoms with Crippen molar-refractivity contribution in [2.75, 3.05) is 11.9 Å². The largest absolute Gasteiger partial charge is 0.409 e. The van der Waals surface area contributed by atoms with Crippen LogP contribution in [0, 0.1) is 5.92 Å². The van der Waals surface area contributed by atoms with Crippen molar-refractivity contribution in [1.82, 2.24) is 0 Å². The van der Waals surface area contributed by atoms with Crippen LogP contribution in [0.25, 0.3) is 0 Å². The molecule has 0 saturated heterocycles. The van der Waals surface area contributed by atoms with Crippen molar-refractivity contribution in [3.05, 3.63) is 24.3 Å². The highest BCUT2D eigenvalue weighted by Crippen LogP contribution is 2.31. The van der Waals surface area contributed by atoms with Crippen molar-refractivity contribution in [3.63, 3.8) is 0 Å². The van der Waals surface area contributed by atoms with E-state index in [-0.39, 0.29) is 11.8 Å². The summed E-state index contributed by atoms with van der Waals surface area (Å²) in [7, 11) is 0. The van der Waals surface area contributed by atoms with Crippen molar-refractivity contribution in [1.29, 1.82) is 0 Å². The number of nitrogens with one attached hydrogen (secondary N) is 1. The van der Waals surface area contributed by atoms with E-state index < -0.39 is 5.76 Å². The molecule has 0 saturated carbocycles. The van der Waals surface area contributed by atoms with Crippen LogP contribution >= 0.6 is 11.8 Å². The van der Waals surface area contributed by atoms with Crippen LogP contribution in [0.2, 0.25) is 0 Å². The van der Waals surface area contributed by atoms with Gasteiger partial charge in [0.2, 0.25) is 0 Å². The number of halogens is 2. The van der Waals surface area contributed by atoms with Crippen LogP contribution in [-0.4, -0.2) is 23.3 Å². The quantitative estimate of drug-likeness (QED) is 0.245. The maximum absolute atomic E-state index is 12.3. The lowest BCUT2D eigenvalue weighted by atomic mass is 10.1. The Morgan fingerprint density at radius 2 is 2.17 bits per heavy atom. The summed E-state index contributed by atoms with van der Waals surface area (Å²) in [5.74, 6) is -2.56. The van der Waals surface area contributed by atoms with Gasteiger partial charge in [-0.1, -0.05) is 36.0 Å². The molecule has 0 bridgehead atoms. The lowest BCUT2D eigenvalue weighted by Crippen LogP contribution is -2.27. The number of hydrogen-bond donors (Lipinski definition) is 3. The van der Waals surface area contributed by atoms with Crippen LogP contribution < -0.4 is 11.1 Å². The van der Waals surface area contributed by atoms with E-state index in [0.717, 1.165) is 0 Å². The zero-order valence-electron chi connectivity index (χ0n) is 9.81. The van der Waals surface area contributed by atoms with Gasteiger partial charge in [-0.25, -0.2) is 0 Å². The van der Waals surface area contributed by atoms with E-state index in [9.17, 15) is 8.78 Å². The number of benzene rings is 1. The van der Waals surface area contributed by atoms with Gasteiger partial charge in [0.05, 0.1) is 0 Å². The topological polar surface area (TPSA) is 70.6 Å². The van der Waals surface area contributed by atoms with Gasteiger partial charge in [0.15, 0.2) is 0 Å². The smallest absolute Gasteiger partial charge is 0.288 e. The molecule has 0 amide bonds. The summed E-state index contributed by atoms with van der Waals surface area (Å²) in [6, 6.07) is 6.78. The molecular weight excluding hydrogens is 260 g/mol. The molecule has 1 aromatic carbocycles. The summed E-state index contributed by atoms with van der Waals surface area (Å²) >= 11 is 0.484. The number of anilines is 1. The number of hydrogen-bond acceptors (Lipinski definition) is 4. The molecule has 1 unspecified atom stereocenters. The Balaban J connectivity index is 2.67. The normalized spacial score (nSPS) is 13.7.